The second-order valence-corrected chi connectivity index (χ2v) is 9.39. The van der Waals surface area contributed by atoms with E-state index in [9.17, 15) is 4.79 Å². The number of benzene rings is 1. The number of amides is 1. The van der Waals surface area contributed by atoms with E-state index in [2.05, 4.69) is 10.1 Å². The van der Waals surface area contributed by atoms with E-state index in [4.69, 9.17) is 16.6 Å². The van der Waals surface area contributed by atoms with Crippen molar-refractivity contribution in [3.05, 3.63) is 58.6 Å². The number of carbonyl (C=O) groups is 1. The third-order valence-corrected chi connectivity index (χ3v) is 6.41. The van der Waals surface area contributed by atoms with Crippen LogP contribution in [0.25, 0.3) is 11.1 Å². The van der Waals surface area contributed by atoms with E-state index in [1.165, 1.54) is 0 Å². The minimum Gasteiger partial charge on any atom is -0.347 e. The molecule has 8 heteroatoms. The number of aryl methyl sites for hydroxylation is 3. The number of rotatable bonds is 6. The van der Waals surface area contributed by atoms with Gasteiger partial charge in [-0.1, -0.05) is 23.7 Å². The van der Waals surface area contributed by atoms with Crippen molar-refractivity contribution in [1.29, 1.82) is 0 Å². The Balaban J connectivity index is 1.55. The molecule has 0 saturated carbocycles. The number of hydrogen-bond acceptors (Lipinski definition) is 5. The number of halogens is 1. The summed E-state index contributed by atoms with van der Waals surface area (Å²) in [6.07, 6.45) is 4.29. The molecule has 7 nitrogen and oxygen atoms in total. The van der Waals surface area contributed by atoms with Crippen molar-refractivity contribution in [3.63, 3.8) is 0 Å². The molecule has 1 aromatic carbocycles. The number of piperidine rings is 1. The molecule has 0 radical (unpaired) electrons. The highest BCUT2D eigenvalue weighted by Gasteiger charge is 2.28. The number of likely N-dealkylation sites (tertiary alicyclic amines) is 1. The van der Waals surface area contributed by atoms with Crippen LogP contribution in [0.3, 0.4) is 0 Å². The van der Waals surface area contributed by atoms with Gasteiger partial charge in [0.05, 0.1) is 11.4 Å². The topological polar surface area (TPSA) is 67.2 Å². The third kappa shape index (κ3) is 5.36. The van der Waals surface area contributed by atoms with E-state index in [1.54, 1.807) is 0 Å². The summed E-state index contributed by atoms with van der Waals surface area (Å²) in [7, 11) is 3.88. The highest BCUT2D eigenvalue weighted by Crippen LogP contribution is 2.34. The van der Waals surface area contributed by atoms with E-state index in [0.29, 0.717) is 30.5 Å². The summed E-state index contributed by atoms with van der Waals surface area (Å²) >= 11 is 6.11. The molecule has 174 valence electrons. The summed E-state index contributed by atoms with van der Waals surface area (Å²) in [6.45, 7) is 6.06. The van der Waals surface area contributed by atoms with Gasteiger partial charge < -0.3 is 9.80 Å². The summed E-state index contributed by atoms with van der Waals surface area (Å²) < 4.78 is 1.92. The fourth-order valence-corrected chi connectivity index (χ4v) is 4.58. The maximum absolute atomic E-state index is 13.1. The van der Waals surface area contributed by atoms with Crippen LogP contribution in [0.1, 0.15) is 42.3 Å². The zero-order chi connectivity index (χ0) is 23.5. The molecule has 2 aromatic heterocycles. The fraction of sp³-hybridized carbons (Fsp3) is 0.440. The van der Waals surface area contributed by atoms with E-state index < -0.39 is 0 Å². The maximum atomic E-state index is 13.1. The molecule has 3 aromatic rings. The standard InChI is InChI=1S/C25H31ClN6O/c1-17-14-18(2)32(29-17)13-11-23(33)31-12-5-6-20(16-31)24-22(15-27-25(28-24)30(3)4)19-7-9-21(26)10-8-19/h7-10,14-15,20H,5-6,11-13,16H2,1-4H3/t20-/m0/s1. The Labute approximate surface area is 200 Å². The molecule has 1 amide bonds. The molecule has 1 fully saturated rings. The molecule has 0 unspecified atom stereocenters. The molecule has 1 saturated heterocycles. The van der Waals surface area contributed by atoms with Crippen LogP contribution in [-0.2, 0) is 11.3 Å². The molecule has 1 atom stereocenters. The van der Waals surface area contributed by atoms with Gasteiger partial charge in [0.25, 0.3) is 0 Å². The minimum absolute atomic E-state index is 0.156. The van der Waals surface area contributed by atoms with E-state index in [0.717, 1.165) is 47.6 Å². The Bertz CT molecular complexity index is 1120. The summed E-state index contributed by atoms with van der Waals surface area (Å²) in [4.78, 5) is 26.4. The van der Waals surface area contributed by atoms with Gasteiger partial charge in [-0.05, 0) is 50.5 Å². The van der Waals surface area contributed by atoms with Gasteiger partial charge in [-0.3, -0.25) is 9.48 Å². The summed E-state index contributed by atoms with van der Waals surface area (Å²) in [5, 5.41) is 5.18. The predicted octanol–water partition coefficient (Wildman–Crippen LogP) is 4.47. The Morgan fingerprint density at radius 1 is 1.21 bits per heavy atom. The lowest BCUT2D eigenvalue weighted by Crippen LogP contribution is -2.40. The van der Waals surface area contributed by atoms with Crippen LogP contribution in [0.2, 0.25) is 5.02 Å². The number of anilines is 1. The second-order valence-electron chi connectivity index (χ2n) is 8.95. The number of carbonyl (C=O) groups excluding carboxylic acids is 1. The van der Waals surface area contributed by atoms with Gasteiger partial charge >= 0.3 is 0 Å². The van der Waals surface area contributed by atoms with Crippen LogP contribution in [-0.4, -0.2) is 57.7 Å². The summed E-state index contributed by atoms with van der Waals surface area (Å²) in [5.41, 5.74) is 5.09. The van der Waals surface area contributed by atoms with Crippen molar-refractivity contribution in [1.82, 2.24) is 24.6 Å². The van der Waals surface area contributed by atoms with Crippen LogP contribution < -0.4 is 4.90 Å². The molecule has 0 N–H and O–H groups in total. The second kappa shape index (κ2) is 9.91. The average Bonchev–Trinajstić information content (AvgIpc) is 3.14. The Hall–Kier alpha value is -2.93. The molecule has 4 rings (SSSR count). The predicted molar refractivity (Wildman–Crippen MR) is 132 cm³/mol. The zero-order valence-electron chi connectivity index (χ0n) is 19.8. The van der Waals surface area contributed by atoms with Gasteiger partial charge in [-0.2, -0.15) is 5.10 Å². The average molecular weight is 467 g/mol. The van der Waals surface area contributed by atoms with Crippen LogP contribution in [0.15, 0.2) is 36.5 Å². The lowest BCUT2D eigenvalue weighted by molar-refractivity contribution is -0.132. The number of aromatic nitrogens is 4. The highest BCUT2D eigenvalue weighted by molar-refractivity contribution is 6.30. The van der Waals surface area contributed by atoms with Crippen molar-refractivity contribution < 1.29 is 4.79 Å². The Morgan fingerprint density at radius 2 is 1.97 bits per heavy atom. The molecule has 0 aliphatic carbocycles. The van der Waals surface area contributed by atoms with E-state index >= 15 is 0 Å². The van der Waals surface area contributed by atoms with Crippen LogP contribution in [0.5, 0.6) is 0 Å². The smallest absolute Gasteiger partial charge is 0.225 e. The molecular weight excluding hydrogens is 436 g/mol. The van der Waals surface area contributed by atoms with Crippen LogP contribution >= 0.6 is 11.6 Å². The van der Waals surface area contributed by atoms with Crippen molar-refractivity contribution in [2.24, 2.45) is 0 Å². The highest BCUT2D eigenvalue weighted by atomic mass is 35.5. The lowest BCUT2D eigenvalue weighted by Gasteiger charge is -2.33. The van der Waals surface area contributed by atoms with Crippen molar-refractivity contribution in [3.8, 4) is 11.1 Å². The van der Waals surface area contributed by atoms with Gasteiger partial charge in [0.15, 0.2) is 0 Å². The minimum atomic E-state index is 0.156. The van der Waals surface area contributed by atoms with Crippen molar-refractivity contribution in [2.45, 2.75) is 45.6 Å². The SMILES string of the molecule is Cc1cc(C)n(CCC(=O)N2CCC[C@H](c3nc(N(C)C)ncc3-c3ccc(Cl)cc3)C2)n1. The molecule has 33 heavy (non-hydrogen) atoms. The van der Waals surface area contributed by atoms with Gasteiger partial charge in [-0.15, -0.1) is 0 Å². The molecular formula is C25H31ClN6O. The van der Waals surface area contributed by atoms with Crippen molar-refractivity contribution >= 4 is 23.5 Å². The normalized spacial score (nSPS) is 16.2. The fourth-order valence-electron chi connectivity index (χ4n) is 4.45. The van der Waals surface area contributed by atoms with Crippen LogP contribution in [0.4, 0.5) is 5.95 Å². The number of hydrogen-bond donors (Lipinski definition) is 0. The van der Waals surface area contributed by atoms with Crippen LogP contribution in [0, 0.1) is 13.8 Å². The first-order valence-corrected chi connectivity index (χ1v) is 11.8. The zero-order valence-corrected chi connectivity index (χ0v) is 20.5. The van der Waals surface area contributed by atoms with E-state index in [-0.39, 0.29) is 11.8 Å². The molecule has 1 aliphatic rings. The first-order chi connectivity index (χ1) is 15.8. The monoisotopic (exact) mass is 466 g/mol. The first kappa shape index (κ1) is 23.2. The molecule has 3 heterocycles. The van der Waals surface area contributed by atoms with E-state index in [1.807, 2.05) is 79.0 Å². The quantitative estimate of drug-likeness (QED) is 0.536. The first-order valence-electron chi connectivity index (χ1n) is 11.4. The summed E-state index contributed by atoms with van der Waals surface area (Å²) in [5.74, 6) is 1.00. The maximum Gasteiger partial charge on any atom is 0.225 e. The third-order valence-electron chi connectivity index (χ3n) is 6.16. The number of nitrogens with zero attached hydrogens (tertiary/aromatic N) is 6. The van der Waals surface area contributed by atoms with Gasteiger partial charge in [0.2, 0.25) is 11.9 Å². The van der Waals surface area contributed by atoms with Gasteiger partial charge in [-0.25, -0.2) is 9.97 Å². The van der Waals surface area contributed by atoms with Crippen molar-refractivity contribution in [2.75, 3.05) is 32.1 Å². The molecule has 0 bridgehead atoms. The molecule has 1 aliphatic heterocycles. The van der Waals surface area contributed by atoms with Gasteiger partial charge in [0, 0.05) is 68.5 Å². The largest absolute Gasteiger partial charge is 0.347 e. The molecule has 0 spiro atoms. The summed E-state index contributed by atoms with van der Waals surface area (Å²) in [6, 6.07) is 9.81. The van der Waals surface area contributed by atoms with Gasteiger partial charge in [0.1, 0.15) is 0 Å². The Kier molecular flexibility index (Phi) is 6.98. The Morgan fingerprint density at radius 3 is 2.64 bits per heavy atom. The lowest BCUT2D eigenvalue weighted by atomic mass is 9.89.